The summed E-state index contributed by atoms with van der Waals surface area (Å²) in [5, 5.41) is 29.4. The zero-order valence-electron chi connectivity index (χ0n) is 32.5. The van der Waals surface area contributed by atoms with Crippen LogP contribution in [0.3, 0.4) is 0 Å². The number of unbranched alkanes of at least 4 members (excludes halogenated alkanes) is 13. The predicted octanol–water partition coefficient (Wildman–Crippen LogP) is 10.4. The molecule has 7 heteroatoms. The molecule has 0 fully saturated rings. The van der Waals surface area contributed by atoms with E-state index >= 15 is 0 Å². The van der Waals surface area contributed by atoms with Crippen molar-refractivity contribution >= 4 is 11.9 Å². The third-order valence-electron chi connectivity index (χ3n) is 8.37. The van der Waals surface area contributed by atoms with Crippen molar-refractivity contribution in [2.45, 2.75) is 174 Å². The molecule has 0 aliphatic rings. The van der Waals surface area contributed by atoms with E-state index in [1.54, 1.807) is 24.3 Å². The van der Waals surface area contributed by atoms with Gasteiger partial charge in [0.25, 0.3) is 0 Å². The molecule has 0 aromatic heterocycles. The Morgan fingerprint density at radius 2 is 1.20 bits per heavy atom. The van der Waals surface area contributed by atoms with Crippen molar-refractivity contribution in [3.05, 3.63) is 72.9 Å². The number of hydrogen-bond donors (Lipinski definition) is 3. The lowest BCUT2D eigenvalue weighted by Crippen LogP contribution is -2.28. The minimum Gasteiger partial charge on any atom is -0.462 e. The number of esters is 2. The van der Waals surface area contributed by atoms with Gasteiger partial charge in [-0.3, -0.25) is 9.59 Å². The Hall–Kier alpha value is -2.74. The summed E-state index contributed by atoms with van der Waals surface area (Å²) >= 11 is 0. The first-order valence-corrected chi connectivity index (χ1v) is 20.1. The van der Waals surface area contributed by atoms with E-state index in [-0.39, 0.29) is 19.0 Å². The highest BCUT2D eigenvalue weighted by molar-refractivity contribution is 5.70. The summed E-state index contributed by atoms with van der Waals surface area (Å²) in [6.07, 6.45) is 41.8. The molecular weight excluding hydrogens is 640 g/mol. The van der Waals surface area contributed by atoms with E-state index in [9.17, 15) is 24.9 Å². The van der Waals surface area contributed by atoms with Gasteiger partial charge in [0.1, 0.15) is 6.61 Å². The van der Waals surface area contributed by atoms with Crippen molar-refractivity contribution in [3.8, 4) is 0 Å². The van der Waals surface area contributed by atoms with Crippen molar-refractivity contribution in [3.63, 3.8) is 0 Å². The van der Waals surface area contributed by atoms with Gasteiger partial charge in [0, 0.05) is 12.8 Å². The maximum Gasteiger partial charge on any atom is 0.306 e. The lowest BCUT2D eigenvalue weighted by molar-refractivity contribution is -0.161. The summed E-state index contributed by atoms with van der Waals surface area (Å²) in [4.78, 5) is 24.3. The summed E-state index contributed by atoms with van der Waals surface area (Å²) in [6.45, 7) is 6.12. The fourth-order valence-corrected chi connectivity index (χ4v) is 5.30. The zero-order valence-corrected chi connectivity index (χ0v) is 32.5. The Bertz CT molecular complexity index is 991. The van der Waals surface area contributed by atoms with E-state index in [2.05, 4.69) is 20.8 Å². The number of hydrogen-bond acceptors (Lipinski definition) is 7. The molecule has 0 rings (SSSR count). The summed E-state index contributed by atoms with van der Waals surface area (Å²) in [5.41, 5.74) is 0. The normalized spacial score (nSPS) is 14.3. The quantitative estimate of drug-likeness (QED) is 0.0263. The lowest BCUT2D eigenvalue weighted by Gasteiger charge is -2.15. The number of carbonyl (C=O) groups excluding carboxylic acids is 2. The molecule has 7 nitrogen and oxygen atoms in total. The van der Waals surface area contributed by atoms with Crippen molar-refractivity contribution < 1.29 is 34.4 Å². The van der Waals surface area contributed by atoms with Gasteiger partial charge >= 0.3 is 11.9 Å². The zero-order chi connectivity index (χ0) is 37.6. The molecule has 0 amide bonds. The van der Waals surface area contributed by atoms with Crippen molar-refractivity contribution in [1.29, 1.82) is 0 Å². The number of aliphatic hydroxyl groups excluding tert-OH is 3. The molecule has 0 spiro atoms. The van der Waals surface area contributed by atoms with Gasteiger partial charge < -0.3 is 24.8 Å². The minimum absolute atomic E-state index is 0.154. The molecule has 0 aliphatic carbocycles. The fourth-order valence-electron chi connectivity index (χ4n) is 5.30. The van der Waals surface area contributed by atoms with Crippen LogP contribution >= 0.6 is 0 Å². The van der Waals surface area contributed by atoms with Crippen LogP contribution in [0.1, 0.15) is 156 Å². The van der Waals surface area contributed by atoms with Gasteiger partial charge in [-0.15, -0.1) is 0 Å². The third kappa shape index (κ3) is 36.8. The summed E-state index contributed by atoms with van der Waals surface area (Å²) < 4.78 is 10.5. The van der Waals surface area contributed by atoms with Crippen molar-refractivity contribution in [1.82, 2.24) is 0 Å². The molecule has 0 aromatic rings. The predicted molar refractivity (Wildman–Crippen MR) is 212 cm³/mol. The Morgan fingerprint density at radius 1 is 0.627 bits per heavy atom. The Kier molecular flexibility index (Phi) is 35.0. The first-order valence-electron chi connectivity index (χ1n) is 20.1. The molecule has 0 heterocycles. The van der Waals surface area contributed by atoms with Gasteiger partial charge in [-0.2, -0.15) is 0 Å². The Labute approximate surface area is 311 Å². The maximum absolute atomic E-state index is 12.2. The van der Waals surface area contributed by atoms with E-state index in [1.165, 1.54) is 70.6 Å². The smallest absolute Gasteiger partial charge is 0.306 e. The highest BCUT2D eigenvalue weighted by atomic mass is 16.6. The molecular formula is C44H74O7. The van der Waals surface area contributed by atoms with Gasteiger partial charge in [0.15, 0.2) is 6.10 Å². The number of rotatable bonds is 34. The van der Waals surface area contributed by atoms with Crippen LogP contribution < -0.4 is 0 Å². The molecule has 3 atom stereocenters. The summed E-state index contributed by atoms with van der Waals surface area (Å²) in [7, 11) is 0. The van der Waals surface area contributed by atoms with Crippen LogP contribution in [0, 0.1) is 5.92 Å². The van der Waals surface area contributed by atoms with Crippen LogP contribution in [-0.2, 0) is 19.1 Å². The molecule has 51 heavy (non-hydrogen) atoms. The van der Waals surface area contributed by atoms with E-state index in [0.717, 1.165) is 38.0 Å². The Balaban J connectivity index is 3.83. The molecule has 0 saturated carbocycles. The summed E-state index contributed by atoms with van der Waals surface area (Å²) in [6, 6.07) is 0. The second-order valence-electron chi connectivity index (χ2n) is 13.9. The lowest BCUT2D eigenvalue weighted by atomic mass is 10.0. The standard InChI is InChI=1S/C44H74O7/c1-4-5-23-31-40(46)32-25-19-15-13-16-20-26-33-41(47)34-27-22-29-35-43(48)50-38-42(37-45)51-44(49)36-28-21-17-12-10-8-6-7-9-11-14-18-24-30-39(2)3/h5,15-16,19-20,23,25-27,32-34,39-42,45-47H,4,6-14,17-18,21-22,24,28-31,35-38H2,1-3H3/b19-15-,20-16-,23-5-,32-25+,33-26+,34-27-/t40-,41-,42+/m1/s1. The Morgan fingerprint density at radius 3 is 1.78 bits per heavy atom. The van der Waals surface area contributed by atoms with Gasteiger partial charge in [-0.1, -0.05) is 177 Å². The first-order chi connectivity index (χ1) is 24.8. The summed E-state index contributed by atoms with van der Waals surface area (Å²) in [5.74, 6) is 0.0546. The first kappa shape index (κ1) is 48.3. The molecule has 0 radical (unpaired) electrons. The monoisotopic (exact) mass is 715 g/mol. The second kappa shape index (κ2) is 37.0. The van der Waals surface area contributed by atoms with Crippen LogP contribution in [0.15, 0.2) is 72.9 Å². The molecule has 0 unspecified atom stereocenters. The van der Waals surface area contributed by atoms with Gasteiger partial charge in [-0.05, 0) is 44.4 Å². The fraction of sp³-hybridized carbons (Fsp3) is 0.682. The van der Waals surface area contributed by atoms with E-state index in [0.29, 0.717) is 25.7 Å². The molecule has 3 N–H and O–H groups in total. The number of allylic oxidation sites excluding steroid dienone is 8. The number of aliphatic hydroxyl groups is 3. The largest absolute Gasteiger partial charge is 0.462 e. The van der Waals surface area contributed by atoms with Crippen LogP contribution in [-0.4, -0.2) is 58.8 Å². The van der Waals surface area contributed by atoms with Crippen LogP contribution in [0.2, 0.25) is 0 Å². The van der Waals surface area contributed by atoms with Gasteiger partial charge in [0.2, 0.25) is 0 Å². The van der Waals surface area contributed by atoms with Crippen molar-refractivity contribution in [2.24, 2.45) is 5.92 Å². The topological polar surface area (TPSA) is 113 Å². The molecule has 0 saturated heterocycles. The molecule has 0 aromatic carbocycles. The molecule has 0 bridgehead atoms. The maximum atomic E-state index is 12.2. The SMILES string of the molecule is CC/C=C\C[C@@H](O)/C=C/C=C\C/C=C\C=C\[C@@H](O)/C=C\CCCC(=O)OC[C@H](CO)OC(=O)CCCCCCCCCCCCCCCC(C)C. The minimum atomic E-state index is -0.845. The van der Waals surface area contributed by atoms with E-state index in [1.807, 2.05) is 48.6 Å². The van der Waals surface area contributed by atoms with Crippen LogP contribution in [0.4, 0.5) is 0 Å². The number of ether oxygens (including phenoxy) is 2. The van der Waals surface area contributed by atoms with Gasteiger partial charge in [-0.25, -0.2) is 0 Å². The molecule has 0 aliphatic heterocycles. The highest BCUT2D eigenvalue weighted by Crippen LogP contribution is 2.15. The second-order valence-corrected chi connectivity index (χ2v) is 13.9. The molecule has 292 valence electrons. The average Bonchev–Trinajstić information content (AvgIpc) is 3.10. The van der Waals surface area contributed by atoms with Crippen LogP contribution in [0.25, 0.3) is 0 Å². The highest BCUT2D eigenvalue weighted by Gasteiger charge is 2.16. The average molecular weight is 715 g/mol. The van der Waals surface area contributed by atoms with Crippen LogP contribution in [0.5, 0.6) is 0 Å². The van der Waals surface area contributed by atoms with Crippen molar-refractivity contribution in [2.75, 3.05) is 13.2 Å². The van der Waals surface area contributed by atoms with Gasteiger partial charge in [0.05, 0.1) is 18.8 Å². The number of carbonyl (C=O) groups is 2. The third-order valence-corrected chi connectivity index (χ3v) is 8.37. The van der Waals surface area contributed by atoms with E-state index < -0.39 is 30.9 Å². The van der Waals surface area contributed by atoms with E-state index in [4.69, 9.17) is 9.47 Å².